The number of carbonyl (C=O) groups excluding carboxylic acids is 1. The summed E-state index contributed by atoms with van der Waals surface area (Å²) in [5, 5.41) is 16.1. The lowest BCUT2D eigenvalue weighted by Gasteiger charge is -2.18. The molecule has 1 fully saturated rings. The number of rotatable bonds is 10. The van der Waals surface area contributed by atoms with Gasteiger partial charge < -0.3 is 25.0 Å². The van der Waals surface area contributed by atoms with Crippen LogP contribution in [0.2, 0.25) is 0 Å². The van der Waals surface area contributed by atoms with E-state index in [0.717, 1.165) is 19.5 Å². The van der Waals surface area contributed by atoms with Gasteiger partial charge in [0, 0.05) is 41.7 Å². The number of amides is 1. The highest BCUT2D eigenvalue weighted by Crippen LogP contribution is 2.35. The monoisotopic (exact) mass is 510 g/mol. The Hall–Kier alpha value is -4.44. The van der Waals surface area contributed by atoms with Crippen LogP contribution in [-0.4, -0.2) is 59.7 Å². The van der Waals surface area contributed by atoms with Gasteiger partial charge in [0.25, 0.3) is 0 Å². The highest BCUT2D eigenvalue weighted by molar-refractivity contribution is 6.03. The summed E-state index contributed by atoms with van der Waals surface area (Å²) >= 11 is 0. The minimum atomic E-state index is -0.263. The van der Waals surface area contributed by atoms with Crippen LogP contribution in [0, 0.1) is 23.7 Å². The van der Waals surface area contributed by atoms with Crippen molar-refractivity contribution in [3.05, 3.63) is 59.9 Å². The van der Waals surface area contributed by atoms with Crippen LogP contribution in [0.1, 0.15) is 31.4 Å². The molecule has 3 aromatic rings. The molecule has 1 amide bonds. The van der Waals surface area contributed by atoms with Gasteiger partial charge in [-0.2, -0.15) is 5.26 Å². The topological polar surface area (TPSA) is 112 Å². The van der Waals surface area contributed by atoms with Gasteiger partial charge in [-0.1, -0.05) is 25.8 Å². The van der Waals surface area contributed by atoms with E-state index in [0.29, 0.717) is 64.7 Å². The molecule has 2 heterocycles. The number of nitrogens with zero attached hydrogens (tertiary/aromatic N) is 4. The molecule has 0 radical (unpaired) electrons. The number of fused-ring (bicyclic) bond motifs is 1. The fourth-order valence-electron chi connectivity index (χ4n) is 4.10. The molecule has 0 aliphatic carbocycles. The van der Waals surface area contributed by atoms with Gasteiger partial charge in [-0.05, 0) is 37.4 Å². The molecule has 0 unspecified atom stereocenters. The van der Waals surface area contributed by atoms with E-state index in [-0.39, 0.29) is 12.0 Å². The summed E-state index contributed by atoms with van der Waals surface area (Å²) in [6.07, 6.45) is 11.1. The van der Waals surface area contributed by atoms with Gasteiger partial charge in [0.1, 0.15) is 30.1 Å². The van der Waals surface area contributed by atoms with Crippen molar-refractivity contribution >= 4 is 34.0 Å². The maximum absolute atomic E-state index is 12.8. The second-order valence-electron chi connectivity index (χ2n) is 8.71. The number of terminal acetylenes is 1. The predicted octanol–water partition coefficient (Wildman–Crippen LogP) is 4.23. The molecule has 9 heteroatoms. The van der Waals surface area contributed by atoms with E-state index in [1.54, 1.807) is 30.3 Å². The van der Waals surface area contributed by atoms with E-state index < -0.39 is 0 Å². The summed E-state index contributed by atoms with van der Waals surface area (Å²) in [6, 6.07) is 10.8. The normalized spacial score (nSPS) is 14.9. The van der Waals surface area contributed by atoms with Crippen molar-refractivity contribution in [1.29, 1.82) is 5.26 Å². The number of ether oxygens (including phenoxy) is 2. The molecule has 1 aromatic heterocycles. The van der Waals surface area contributed by atoms with E-state index in [1.807, 2.05) is 6.08 Å². The number of carbonyl (C=O) groups is 1. The number of likely N-dealkylation sites (N-methyl/N-ethyl adjacent to an activating group) is 1. The minimum absolute atomic E-state index is 0.110. The van der Waals surface area contributed by atoms with Crippen LogP contribution < -0.4 is 15.4 Å². The van der Waals surface area contributed by atoms with Crippen molar-refractivity contribution in [3.63, 3.8) is 0 Å². The third-order valence-electron chi connectivity index (χ3n) is 6.26. The molecule has 38 heavy (non-hydrogen) atoms. The van der Waals surface area contributed by atoms with E-state index in [2.05, 4.69) is 51.3 Å². The third-order valence-corrected chi connectivity index (χ3v) is 6.26. The summed E-state index contributed by atoms with van der Waals surface area (Å²) in [7, 11) is 0. The Kier molecular flexibility index (Phi) is 8.89. The van der Waals surface area contributed by atoms with Gasteiger partial charge in [0.2, 0.25) is 5.91 Å². The van der Waals surface area contributed by atoms with Crippen LogP contribution in [0.25, 0.3) is 10.9 Å². The van der Waals surface area contributed by atoms with Crippen molar-refractivity contribution in [3.8, 4) is 24.2 Å². The van der Waals surface area contributed by atoms with E-state index >= 15 is 0 Å². The predicted molar refractivity (Wildman–Crippen MR) is 147 cm³/mol. The standard InChI is InChI=1S/C29H30N6O3/c1-4-20-14-22(10-9-21(20)17-30)33-29-24-15-26(34-28(36)8-7-12-35(5-2)6-3)27(16-25(24)31-19-32-29)38-23-11-13-37-18-23/h1,7-10,14-16,19,23H,5-6,11-13,18H2,2-3H3,(H,34,36)(H,31,32,33)/t23-/m0/s1. The van der Waals surface area contributed by atoms with E-state index in [9.17, 15) is 10.1 Å². The molecule has 2 aromatic carbocycles. The quantitative estimate of drug-likeness (QED) is 0.308. The molecule has 0 spiro atoms. The van der Waals surface area contributed by atoms with Crippen molar-refractivity contribution in [1.82, 2.24) is 14.9 Å². The zero-order valence-electron chi connectivity index (χ0n) is 21.5. The van der Waals surface area contributed by atoms with Crippen LogP contribution in [0.4, 0.5) is 17.2 Å². The third kappa shape index (κ3) is 6.46. The number of hydrogen-bond acceptors (Lipinski definition) is 8. The van der Waals surface area contributed by atoms with Crippen LogP contribution in [0.15, 0.2) is 48.8 Å². The van der Waals surface area contributed by atoms with Gasteiger partial charge >= 0.3 is 0 Å². The Morgan fingerprint density at radius 2 is 2.11 bits per heavy atom. The SMILES string of the molecule is C#Cc1cc(Nc2ncnc3cc(O[C@H]4CCOC4)c(NC(=O)C=CCN(CC)CC)cc23)ccc1C#N. The first-order valence-corrected chi connectivity index (χ1v) is 12.5. The second-order valence-corrected chi connectivity index (χ2v) is 8.71. The van der Waals surface area contributed by atoms with Gasteiger partial charge in [-0.25, -0.2) is 9.97 Å². The number of benzene rings is 2. The van der Waals surface area contributed by atoms with Gasteiger partial charge in [-0.15, -0.1) is 6.42 Å². The highest BCUT2D eigenvalue weighted by Gasteiger charge is 2.21. The maximum atomic E-state index is 12.8. The van der Waals surface area contributed by atoms with Crippen LogP contribution in [0.3, 0.4) is 0 Å². The van der Waals surface area contributed by atoms with E-state index in [1.165, 1.54) is 12.4 Å². The lowest BCUT2D eigenvalue weighted by Crippen LogP contribution is -2.23. The average molecular weight is 511 g/mol. The maximum Gasteiger partial charge on any atom is 0.248 e. The lowest BCUT2D eigenvalue weighted by atomic mass is 10.1. The lowest BCUT2D eigenvalue weighted by molar-refractivity contribution is -0.111. The number of nitrogens with one attached hydrogen (secondary N) is 2. The Labute approximate surface area is 222 Å². The molecule has 2 N–H and O–H groups in total. The van der Waals surface area contributed by atoms with Crippen LogP contribution >= 0.6 is 0 Å². The van der Waals surface area contributed by atoms with E-state index in [4.69, 9.17) is 15.9 Å². The Bertz CT molecular complexity index is 1410. The molecule has 1 aliphatic heterocycles. The number of aromatic nitrogens is 2. The number of hydrogen-bond donors (Lipinski definition) is 2. The summed E-state index contributed by atoms with van der Waals surface area (Å²) in [5.41, 5.74) is 2.71. The molecule has 0 bridgehead atoms. The Morgan fingerprint density at radius 1 is 1.26 bits per heavy atom. The highest BCUT2D eigenvalue weighted by atomic mass is 16.5. The minimum Gasteiger partial charge on any atom is -0.486 e. The Morgan fingerprint density at radius 3 is 2.82 bits per heavy atom. The van der Waals surface area contributed by atoms with Gasteiger partial charge in [-0.3, -0.25) is 4.79 Å². The summed E-state index contributed by atoms with van der Waals surface area (Å²) in [6.45, 7) is 7.80. The zero-order chi connectivity index (χ0) is 26.9. The molecule has 1 atom stereocenters. The first-order chi connectivity index (χ1) is 18.5. The van der Waals surface area contributed by atoms with Gasteiger partial charge in [0.05, 0.1) is 30.0 Å². The molecular formula is C29H30N6O3. The Balaban J connectivity index is 1.66. The first-order valence-electron chi connectivity index (χ1n) is 12.5. The smallest absolute Gasteiger partial charge is 0.248 e. The number of anilines is 3. The molecule has 9 nitrogen and oxygen atoms in total. The number of nitriles is 1. The molecule has 194 valence electrons. The average Bonchev–Trinajstić information content (AvgIpc) is 3.45. The fraction of sp³-hybridized carbons (Fsp3) is 0.310. The molecule has 1 aliphatic rings. The second kappa shape index (κ2) is 12.7. The van der Waals surface area contributed by atoms with Crippen LogP contribution in [0.5, 0.6) is 5.75 Å². The van der Waals surface area contributed by atoms with Crippen molar-refractivity contribution in [2.24, 2.45) is 0 Å². The summed E-state index contributed by atoms with van der Waals surface area (Å²) < 4.78 is 11.7. The zero-order valence-corrected chi connectivity index (χ0v) is 21.5. The molecule has 0 saturated carbocycles. The van der Waals surface area contributed by atoms with Crippen LogP contribution in [-0.2, 0) is 9.53 Å². The molecule has 4 rings (SSSR count). The molecular weight excluding hydrogens is 480 g/mol. The molecule has 1 saturated heterocycles. The summed E-state index contributed by atoms with van der Waals surface area (Å²) in [5.74, 6) is 3.30. The summed E-state index contributed by atoms with van der Waals surface area (Å²) in [4.78, 5) is 23.8. The van der Waals surface area contributed by atoms with Crippen molar-refractivity contribution in [2.75, 3.05) is 43.5 Å². The van der Waals surface area contributed by atoms with Gasteiger partial charge in [0.15, 0.2) is 0 Å². The fourth-order valence-corrected chi connectivity index (χ4v) is 4.10. The largest absolute Gasteiger partial charge is 0.486 e. The van der Waals surface area contributed by atoms with Crippen molar-refractivity contribution in [2.45, 2.75) is 26.4 Å². The first kappa shape index (κ1) is 26.6. The van der Waals surface area contributed by atoms with Crippen molar-refractivity contribution < 1.29 is 14.3 Å².